The van der Waals surface area contributed by atoms with Crippen molar-refractivity contribution >= 4 is 64.7 Å². The number of halogens is 1. The molecule has 4 rings (SSSR count). The van der Waals surface area contributed by atoms with E-state index >= 15 is 0 Å². The van der Waals surface area contributed by atoms with E-state index in [1.54, 1.807) is 24.3 Å². The monoisotopic (exact) mass is 603 g/mol. The molecule has 0 atom stereocenters. The minimum absolute atomic E-state index is 0. The molecule has 0 bridgehead atoms. The molecule has 0 spiro atoms. The summed E-state index contributed by atoms with van der Waals surface area (Å²) >= 11 is 1.21. The first kappa shape index (κ1) is 30.3. The van der Waals surface area contributed by atoms with Gasteiger partial charge in [0, 0.05) is 38.9 Å². The highest BCUT2D eigenvalue weighted by Crippen LogP contribution is 2.33. The Bertz CT molecular complexity index is 1470. The lowest BCUT2D eigenvalue weighted by atomic mass is 10.3. The number of para-hydroxylation sites is 1. The van der Waals surface area contributed by atoms with Crippen LogP contribution in [0.3, 0.4) is 0 Å². The van der Waals surface area contributed by atoms with Crippen LogP contribution in [0.25, 0.3) is 10.2 Å². The van der Waals surface area contributed by atoms with E-state index in [1.807, 2.05) is 0 Å². The molecule has 14 heteroatoms. The third kappa shape index (κ3) is 7.21. The van der Waals surface area contributed by atoms with Gasteiger partial charge in [-0.3, -0.25) is 14.6 Å². The molecule has 1 aliphatic rings. The van der Waals surface area contributed by atoms with Crippen LogP contribution < -0.4 is 9.64 Å². The van der Waals surface area contributed by atoms with Crippen molar-refractivity contribution in [1.29, 1.82) is 0 Å². The number of methoxy groups -OCH3 is 1. The fraction of sp³-hybridized carbons (Fsp3) is 0.417. The van der Waals surface area contributed by atoms with Gasteiger partial charge in [-0.25, -0.2) is 21.8 Å². The van der Waals surface area contributed by atoms with Crippen LogP contribution in [0.15, 0.2) is 52.3 Å². The summed E-state index contributed by atoms with van der Waals surface area (Å²) in [5.41, 5.74) is 0.306. The van der Waals surface area contributed by atoms with Crippen molar-refractivity contribution < 1.29 is 31.1 Å². The summed E-state index contributed by atoms with van der Waals surface area (Å²) in [5, 5.41) is 0.339. The zero-order valence-corrected chi connectivity index (χ0v) is 24.3. The largest absolute Gasteiger partial charge is 0.497 e. The molecule has 208 valence electrons. The number of rotatable bonds is 10. The van der Waals surface area contributed by atoms with E-state index in [9.17, 15) is 21.6 Å². The molecule has 0 unspecified atom stereocenters. The minimum atomic E-state index is -3.71. The van der Waals surface area contributed by atoms with Crippen molar-refractivity contribution in [1.82, 2.24) is 9.88 Å². The Kier molecular flexibility index (Phi) is 10.1. The van der Waals surface area contributed by atoms with Gasteiger partial charge in [-0.1, -0.05) is 17.4 Å². The van der Waals surface area contributed by atoms with Crippen LogP contribution in [0.4, 0.5) is 5.13 Å². The van der Waals surface area contributed by atoms with Crippen molar-refractivity contribution in [2.24, 2.45) is 0 Å². The molecule has 2 aromatic carbocycles. The Hall–Kier alpha value is -2.29. The van der Waals surface area contributed by atoms with Crippen molar-refractivity contribution in [3.8, 4) is 5.75 Å². The van der Waals surface area contributed by atoms with E-state index in [0.29, 0.717) is 40.9 Å². The second kappa shape index (κ2) is 12.7. The molecule has 3 aromatic rings. The zero-order valence-electron chi connectivity index (χ0n) is 21.0. The summed E-state index contributed by atoms with van der Waals surface area (Å²) < 4.78 is 61.4. The van der Waals surface area contributed by atoms with Gasteiger partial charge in [0.1, 0.15) is 11.3 Å². The SMILES string of the molecule is COc1ccc(S(=O)(=O)CCC(=O)N(CCN2CCOCC2)c2nc3c(S(C)(=O)=O)cccc3s2)cc1.Cl. The van der Waals surface area contributed by atoms with E-state index < -0.39 is 25.6 Å². The molecular formula is C24H30ClN3O7S3. The number of amides is 1. The van der Waals surface area contributed by atoms with Crippen LogP contribution in [0, 0.1) is 0 Å². The summed E-state index contributed by atoms with van der Waals surface area (Å²) in [5.74, 6) is -0.231. The molecule has 1 amide bonds. The van der Waals surface area contributed by atoms with E-state index in [4.69, 9.17) is 9.47 Å². The van der Waals surface area contributed by atoms with E-state index in [1.165, 1.54) is 41.5 Å². The van der Waals surface area contributed by atoms with Gasteiger partial charge in [-0.2, -0.15) is 0 Å². The summed E-state index contributed by atoms with van der Waals surface area (Å²) in [7, 11) is -5.74. The maximum atomic E-state index is 13.4. The van der Waals surface area contributed by atoms with Crippen molar-refractivity contribution in [2.45, 2.75) is 16.2 Å². The number of aromatic nitrogens is 1. The summed E-state index contributed by atoms with van der Waals surface area (Å²) in [6.07, 6.45) is 0.874. The number of fused-ring (bicyclic) bond motifs is 1. The van der Waals surface area contributed by atoms with Gasteiger partial charge in [0.15, 0.2) is 24.8 Å². The highest BCUT2D eigenvalue weighted by Gasteiger charge is 2.25. The van der Waals surface area contributed by atoms with Crippen LogP contribution in [0.2, 0.25) is 0 Å². The van der Waals surface area contributed by atoms with E-state index in [0.717, 1.165) is 19.3 Å². The van der Waals surface area contributed by atoms with Gasteiger partial charge in [-0.05, 0) is 36.4 Å². The average Bonchev–Trinajstić information content (AvgIpc) is 3.31. The third-order valence-electron chi connectivity index (χ3n) is 6.05. The number of nitrogens with zero attached hydrogens (tertiary/aromatic N) is 3. The molecule has 10 nitrogen and oxygen atoms in total. The average molecular weight is 604 g/mol. The fourth-order valence-corrected chi connectivity index (χ4v) is 7.14. The first-order valence-electron chi connectivity index (χ1n) is 11.7. The van der Waals surface area contributed by atoms with Crippen LogP contribution in [0.5, 0.6) is 5.75 Å². The number of hydrogen-bond donors (Lipinski definition) is 0. The molecule has 38 heavy (non-hydrogen) atoms. The zero-order chi connectivity index (χ0) is 26.6. The number of carbonyl (C=O) groups excluding carboxylic acids is 1. The molecule has 0 N–H and O–H groups in total. The predicted octanol–water partition coefficient (Wildman–Crippen LogP) is 2.66. The lowest BCUT2D eigenvalue weighted by Gasteiger charge is -2.29. The number of sulfone groups is 2. The topological polar surface area (TPSA) is 123 Å². The van der Waals surface area contributed by atoms with E-state index in [2.05, 4.69) is 9.88 Å². The molecule has 1 aromatic heterocycles. The number of ether oxygens (including phenoxy) is 2. The highest BCUT2D eigenvalue weighted by atomic mass is 35.5. The van der Waals surface area contributed by atoms with Crippen LogP contribution in [-0.4, -0.2) is 91.1 Å². The summed E-state index contributed by atoms with van der Waals surface area (Å²) in [6.45, 7) is 3.50. The number of benzene rings is 2. The number of thiazole rings is 1. The van der Waals surface area contributed by atoms with Gasteiger partial charge >= 0.3 is 0 Å². The summed E-state index contributed by atoms with van der Waals surface area (Å²) in [4.78, 5) is 21.8. The maximum Gasteiger partial charge on any atom is 0.229 e. The van der Waals surface area contributed by atoms with E-state index in [-0.39, 0.29) is 40.9 Å². The van der Waals surface area contributed by atoms with Crippen molar-refractivity contribution in [2.75, 3.05) is 63.4 Å². The molecule has 2 heterocycles. The lowest BCUT2D eigenvalue weighted by Crippen LogP contribution is -2.43. The minimum Gasteiger partial charge on any atom is -0.497 e. The number of morpholine rings is 1. The molecular weight excluding hydrogens is 574 g/mol. The molecule has 0 saturated carbocycles. The van der Waals surface area contributed by atoms with Gasteiger partial charge in [0.05, 0.1) is 40.6 Å². The molecule has 1 fully saturated rings. The number of hydrogen-bond acceptors (Lipinski definition) is 10. The van der Waals surface area contributed by atoms with Crippen LogP contribution in [0.1, 0.15) is 6.42 Å². The van der Waals surface area contributed by atoms with Crippen LogP contribution >= 0.6 is 23.7 Å². The van der Waals surface area contributed by atoms with Gasteiger partial charge < -0.3 is 9.47 Å². The predicted molar refractivity (Wildman–Crippen MR) is 149 cm³/mol. The number of anilines is 1. The maximum absolute atomic E-state index is 13.4. The quantitative estimate of drug-likeness (QED) is 0.344. The Morgan fingerprint density at radius 2 is 1.79 bits per heavy atom. The Balaban J connectivity index is 0.00000400. The first-order valence-corrected chi connectivity index (χ1v) is 16.0. The Morgan fingerprint density at radius 3 is 2.42 bits per heavy atom. The standard InChI is InChI=1S/C24H29N3O7S3.ClH/c1-33-18-6-8-19(9-7-18)37(31,32)17-10-22(28)27(12-11-26-13-15-34-16-14-26)24-25-23-20(35-24)4-3-5-21(23)36(2,29)30;/h3-9H,10-17H2,1-2H3;1H. The molecule has 0 aliphatic carbocycles. The van der Waals surface area contributed by atoms with Crippen LogP contribution in [-0.2, 0) is 29.2 Å². The summed E-state index contributed by atoms with van der Waals surface area (Å²) in [6, 6.07) is 10.9. The Morgan fingerprint density at radius 1 is 1.11 bits per heavy atom. The van der Waals surface area contributed by atoms with Crippen molar-refractivity contribution in [3.05, 3.63) is 42.5 Å². The van der Waals surface area contributed by atoms with Gasteiger partial charge in [0.2, 0.25) is 5.91 Å². The lowest BCUT2D eigenvalue weighted by molar-refractivity contribution is -0.118. The second-order valence-electron chi connectivity index (χ2n) is 8.62. The second-order valence-corrected chi connectivity index (χ2v) is 13.7. The normalized spacial score (nSPS) is 14.7. The molecule has 1 aliphatic heterocycles. The fourth-order valence-electron chi connectivity index (χ4n) is 3.98. The van der Waals surface area contributed by atoms with Crippen molar-refractivity contribution in [3.63, 3.8) is 0 Å². The first-order chi connectivity index (χ1) is 17.6. The van der Waals surface area contributed by atoms with Gasteiger partial charge in [0.25, 0.3) is 0 Å². The molecule has 1 saturated heterocycles. The highest BCUT2D eigenvalue weighted by molar-refractivity contribution is 7.91. The molecule has 0 radical (unpaired) electrons. The smallest absolute Gasteiger partial charge is 0.229 e. The number of carbonyl (C=O) groups is 1. The Labute approximate surface area is 232 Å². The third-order valence-corrected chi connectivity index (χ3v) is 9.95. The van der Waals surface area contributed by atoms with Gasteiger partial charge in [-0.15, -0.1) is 12.4 Å².